The highest BCUT2D eigenvalue weighted by atomic mass is 16.5. The Balaban J connectivity index is 2.15. The first-order valence-electron chi connectivity index (χ1n) is 5.10. The molecular weight excluding hydrogens is 180 g/mol. The first kappa shape index (κ1) is 9.45. The van der Waals surface area contributed by atoms with E-state index in [2.05, 4.69) is 17.0 Å². The summed E-state index contributed by atoms with van der Waals surface area (Å²) in [7, 11) is 0. The van der Waals surface area contributed by atoms with Gasteiger partial charge in [0.1, 0.15) is 0 Å². The van der Waals surface area contributed by atoms with Gasteiger partial charge >= 0.3 is 0 Å². The highest BCUT2D eigenvalue weighted by molar-refractivity contribution is 5.17. The zero-order chi connectivity index (χ0) is 9.97. The summed E-state index contributed by atoms with van der Waals surface area (Å²) in [4.78, 5) is 4.22. The minimum Gasteiger partial charge on any atom is -0.379 e. The van der Waals surface area contributed by atoms with E-state index in [1.807, 2.05) is 0 Å². The van der Waals surface area contributed by atoms with E-state index in [0.717, 1.165) is 31.7 Å². The van der Waals surface area contributed by atoms with Gasteiger partial charge < -0.3 is 10.5 Å². The predicted octanol–water partition coefficient (Wildman–Crippen LogP) is 0.774. The van der Waals surface area contributed by atoms with Gasteiger partial charge in [0, 0.05) is 13.0 Å². The van der Waals surface area contributed by atoms with Crippen molar-refractivity contribution in [1.29, 1.82) is 0 Å². The number of aryl methyl sites for hydroxylation is 1. The summed E-state index contributed by atoms with van der Waals surface area (Å²) in [6.07, 6.45) is 2.93. The molecule has 1 aliphatic heterocycles. The van der Waals surface area contributed by atoms with Crippen LogP contribution in [0.25, 0.3) is 0 Å². The Hall–Kier alpha value is -1.10. The minimum absolute atomic E-state index is 0.285. The zero-order valence-electron chi connectivity index (χ0n) is 8.44. The molecule has 0 aromatic carbocycles. The fourth-order valence-electron chi connectivity index (χ4n) is 1.69. The number of nitrogens with zero attached hydrogens (tertiary/aromatic N) is 3. The summed E-state index contributed by atoms with van der Waals surface area (Å²) < 4.78 is 7.10. The molecule has 2 N–H and O–H groups in total. The van der Waals surface area contributed by atoms with E-state index < -0.39 is 0 Å². The van der Waals surface area contributed by atoms with Crippen molar-refractivity contribution >= 4 is 5.95 Å². The maximum atomic E-state index is 5.79. The van der Waals surface area contributed by atoms with E-state index in [-0.39, 0.29) is 6.04 Å². The summed E-state index contributed by atoms with van der Waals surface area (Å²) in [5.74, 6) is 1.36. The molecule has 1 aromatic heterocycles. The van der Waals surface area contributed by atoms with Crippen LogP contribution in [0.1, 0.15) is 31.6 Å². The van der Waals surface area contributed by atoms with Crippen LogP contribution >= 0.6 is 0 Å². The lowest BCUT2D eigenvalue weighted by molar-refractivity contribution is 0.185. The van der Waals surface area contributed by atoms with Crippen LogP contribution in [-0.2, 0) is 11.2 Å². The van der Waals surface area contributed by atoms with Crippen LogP contribution in [0.4, 0.5) is 5.95 Å². The molecule has 1 aromatic rings. The first-order chi connectivity index (χ1) is 6.81. The molecule has 1 aliphatic rings. The molecule has 2 heterocycles. The van der Waals surface area contributed by atoms with Gasteiger partial charge in [-0.15, -0.1) is 0 Å². The summed E-state index contributed by atoms with van der Waals surface area (Å²) in [6, 6.07) is 0.285. The van der Waals surface area contributed by atoms with Gasteiger partial charge in [0.2, 0.25) is 5.95 Å². The van der Waals surface area contributed by atoms with Crippen molar-refractivity contribution in [3.8, 4) is 0 Å². The van der Waals surface area contributed by atoms with Crippen molar-refractivity contribution in [2.45, 2.75) is 32.2 Å². The largest absolute Gasteiger partial charge is 0.379 e. The molecule has 0 bridgehead atoms. The van der Waals surface area contributed by atoms with Crippen LogP contribution in [0.15, 0.2) is 0 Å². The molecule has 0 aliphatic carbocycles. The maximum absolute atomic E-state index is 5.79. The monoisotopic (exact) mass is 196 g/mol. The molecule has 5 heteroatoms. The van der Waals surface area contributed by atoms with Crippen molar-refractivity contribution in [3.05, 3.63) is 5.82 Å². The number of nitrogen functional groups attached to an aromatic ring is 1. The van der Waals surface area contributed by atoms with E-state index in [0.29, 0.717) is 12.6 Å². The van der Waals surface area contributed by atoms with Crippen LogP contribution < -0.4 is 5.73 Å². The van der Waals surface area contributed by atoms with Crippen molar-refractivity contribution < 1.29 is 4.74 Å². The van der Waals surface area contributed by atoms with Crippen LogP contribution in [0, 0.1) is 0 Å². The average molecular weight is 196 g/mol. The second-order valence-electron chi connectivity index (χ2n) is 3.60. The van der Waals surface area contributed by atoms with Crippen molar-refractivity contribution in [2.24, 2.45) is 0 Å². The third-order valence-corrected chi connectivity index (χ3v) is 2.43. The predicted molar refractivity (Wildman–Crippen MR) is 52.9 cm³/mol. The van der Waals surface area contributed by atoms with Crippen LogP contribution in [-0.4, -0.2) is 28.0 Å². The van der Waals surface area contributed by atoms with Gasteiger partial charge in [0.15, 0.2) is 5.82 Å². The van der Waals surface area contributed by atoms with E-state index in [9.17, 15) is 0 Å². The molecule has 1 atom stereocenters. The number of anilines is 1. The number of aromatic nitrogens is 3. The molecule has 0 amide bonds. The molecule has 0 spiro atoms. The normalized spacial score (nSPS) is 21.6. The summed E-state index contributed by atoms with van der Waals surface area (Å²) in [5, 5.41) is 4.38. The van der Waals surface area contributed by atoms with Gasteiger partial charge in [-0.25, -0.2) is 4.68 Å². The van der Waals surface area contributed by atoms with Crippen molar-refractivity contribution in [2.75, 3.05) is 18.9 Å². The average Bonchev–Trinajstić information content (AvgIpc) is 2.74. The van der Waals surface area contributed by atoms with Crippen LogP contribution in [0.2, 0.25) is 0 Å². The lowest BCUT2D eigenvalue weighted by Crippen LogP contribution is -2.13. The highest BCUT2D eigenvalue weighted by Crippen LogP contribution is 2.20. The van der Waals surface area contributed by atoms with E-state index in [1.54, 1.807) is 4.68 Å². The van der Waals surface area contributed by atoms with Crippen molar-refractivity contribution in [3.63, 3.8) is 0 Å². The number of ether oxygens (including phenoxy) is 1. The molecule has 0 radical (unpaired) electrons. The second-order valence-corrected chi connectivity index (χ2v) is 3.60. The molecular formula is C9H16N4O. The Morgan fingerprint density at radius 2 is 2.50 bits per heavy atom. The lowest BCUT2D eigenvalue weighted by Gasteiger charge is -2.07. The first-order valence-corrected chi connectivity index (χ1v) is 5.10. The van der Waals surface area contributed by atoms with Gasteiger partial charge in [-0.1, -0.05) is 6.92 Å². The fraction of sp³-hybridized carbons (Fsp3) is 0.778. The quantitative estimate of drug-likeness (QED) is 0.775. The molecule has 1 saturated heterocycles. The Kier molecular flexibility index (Phi) is 2.67. The Morgan fingerprint density at radius 1 is 1.64 bits per heavy atom. The fourth-order valence-corrected chi connectivity index (χ4v) is 1.69. The van der Waals surface area contributed by atoms with E-state index >= 15 is 0 Å². The van der Waals surface area contributed by atoms with E-state index in [1.165, 1.54) is 0 Å². The van der Waals surface area contributed by atoms with Gasteiger partial charge in [0.05, 0.1) is 12.6 Å². The third-order valence-electron chi connectivity index (χ3n) is 2.43. The lowest BCUT2D eigenvalue weighted by atomic mass is 10.3. The number of hydrogen-bond acceptors (Lipinski definition) is 4. The Morgan fingerprint density at radius 3 is 3.14 bits per heavy atom. The van der Waals surface area contributed by atoms with Crippen LogP contribution in [0.5, 0.6) is 0 Å². The zero-order valence-corrected chi connectivity index (χ0v) is 8.44. The molecule has 14 heavy (non-hydrogen) atoms. The van der Waals surface area contributed by atoms with Crippen LogP contribution in [0.3, 0.4) is 0 Å². The van der Waals surface area contributed by atoms with Gasteiger partial charge in [-0.3, -0.25) is 0 Å². The maximum Gasteiger partial charge on any atom is 0.219 e. The number of nitrogens with two attached hydrogens (primary N) is 1. The topological polar surface area (TPSA) is 66.0 Å². The van der Waals surface area contributed by atoms with Gasteiger partial charge in [-0.05, 0) is 12.8 Å². The standard InChI is InChI=1S/C9H16N4O/c1-2-3-8-11-9(10)13(12-8)7-4-5-14-6-7/h7H,2-6H2,1H3,(H2,10,11,12). The Labute approximate surface area is 83.3 Å². The Bertz CT molecular complexity index is 304. The SMILES string of the molecule is CCCc1nc(N)n(C2CCOC2)n1. The molecule has 78 valence electrons. The molecule has 0 saturated carbocycles. The summed E-state index contributed by atoms with van der Waals surface area (Å²) in [5.41, 5.74) is 5.79. The summed E-state index contributed by atoms with van der Waals surface area (Å²) >= 11 is 0. The third kappa shape index (κ3) is 1.72. The van der Waals surface area contributed by atoms with Crippen molar-refractivity contribution in [1.82, 2.24) is 14.8 Å². The highest BCUT2D eigenvalue weighted by Gasteiger charge is 2.21. The minimum atomic E-state index is 0.285. The smallest absolute Gasteiger partial charge is 0.219 e. The molecule has 1 fully saturated rings. The molecule has 2 rings (SSSR count). The molecule has 5 nitrogen and oxygen atoms in total. The second kappa shape index (κ2) is 3.96. The van der Waals surface area contributed by atoms with Gasteiger partial charge in [0.25, 0.3) is 0 Å². The van der Waals surface area contributed by atoms with Gasteiger partial charge in [-0.2, -0.15) is 10.1 Å². The molecule has 1 unspecified atom stereocenters. The summed E-state index contributed by atoms with van der Waals surface area (Å²) in [6.45, 7) is 3.61. The number of hydrogen-bond donors (Lipinski definition) is 1. The van der Waals surface area contributed by atoms with E-state index in [4.69, 9.17) is 10.5 Å². The number of rotatable bonds is 3.